The van der Waals surface area contributed by atoms with Gasteiger partial charge in [0.15, 0.2) is 0 Å². The zero-order valence-corrected chi connectivity index (χ0v) is 10.6. The van der Waals surface area contributed by atoms with Crippen molar-refractivity contribution >= 4 is 27.5 Å². The molecule has 0 radical (unpaired) electrons. The van der Waals surface area contributed by atoms with Crippen LogP contribution in [0.5, 0.6) is 0 Å². The Kier molecular flexibility index (Phi) is 2.97. The van der Waals surface area contributed by atoms with Crippen LogP contribution in [0.4, 0.5) is 0 Å². The van der Waals surface area contributed by atoms with Crippen LogP contribution in [0, 0.1) is 5.92 Å². The molecule has 3 rings (SSSR count). The van der Waals surface area contributed by atoms with E-state index in [-0.39, 0.29) is 0 Å². The van der Waals surface area contributed by atoms with Crippen LogP contribution in [0.15, 0.2) is 11.4 Å². The molecule has 1 atom stereocenters. The minimum absolute atomic E-state index is 0.337. The number of carbonyl (C=O) groups is 1. The lowest BCUT2D eigenvalue weighted by atomic mass is 10.0. The number of hydrogen-bond acceptors (Lipinski definition) is 5. The second-order valence-electron chi connectivity index (χ2n) is 4.42. The van der Waals surface area contributed by atoms with E-state index in [2.05, 4.69) is 9.97 Å². The number of primary amides is 1. The first-order valence-corrected chi connectivity index (χ1v) is 6.73. The molecule has 0 unspecified atom stereocenters. The van der Waals surface area contributed by atoms with Gasteiger partial charge in [0.2, 0.25) is 0 Å². The summed E-state index contributed by atoms with van der Waals surface area (Å²) in [6, 6.07) is 1.89. The first kappa shape index (κ1) is 11.6. The van der Waals surface area contributed by atoms with Gasteiger partial charge in [0.25, 0.3) is 5.91 Å². The number of thiophene rings is 1. The van der Waals surface area contributed by atoms with E-state index in [9.17, 15) is 4.79 Å². The Labute approximate surface area is 108 Å². The normalized spacial score (nSPS) is 19.4. The van der Waals surface area contributed by atoms with E-state index in [4.69, 9.17) is 10.5 Å². The SMILES string of the molecule is NC(=O)c1nc(C[C@H]2CCOC2)nc2ccsc12. The van der Waals surface area contributed by atoms with Crippen molar-refractivity contribution in [1.82, 2.24) is 9.97 Å². The fourth-order valence-electron chi connectivity index (χ4n) is 2.17. The summed E-state index contributed by atoms with van der Waals surface area (Å²) in [5.74, 6) is 0.640. The van der Waals surface area contributed by atoms with Crippen molar-refractivity contribution in [2.24, 2.45) is 11.7 Å². The third-order valence-electron chi connectivity index (χ3n) is 3.08. The zero-order valence-electron chi connectivity index (χ0n) is 9.76. The predicted molar refractivity (Wildman–Crippen MR) is 68.6 cm³/mol. The van der Waals surface area contributed by atoms with Crippen molar-refractivity contribution in [2.45, 2.75) is 12.8 Å². The number of ether oxygens (including phenoxy) is 1. The molecular weight excluding hydrogens is 250 g/mol. The Morgan fingerprint density at radius 3 is 3.17 bits per heavy atom. The Bertz CT molecular complexity index is 590. The molecule has 2 aromatic rings. The molecule has 1 aliphatic rings. The number of fused-ring (bicyclic) bond motifs is 1. The average Bonchev–Trinajstić information content (AvgIpc) is 2.98. The first-order chi connectivity index (χ1) is 8.74. The van der Waals surface area contributed by atoms with Crippen molar-refractivity contribution in [3.05, 3.63) is 23.0 Å². The van der Waals surface area contributed by atoms with Gasteiger partial charge in [-0.2, -0.15) is 0 Å². The van der Waals surface area contributed by atoms with E-state index in [0.717, 1.165) is 36.3 Å². The van der Waals surface area contributed by atoms with Gasteiger partial charge in [0.1, 0.15) is 11.5 Å². The molecule has 2 aromatic heterocycles. The van der Waals surface area contributed by atoms with E-state index in [1.165, 1.54) is 11.3 Å². The quantitative estimate of drug-likeness (QED) is 0.907. The van der Waals surface area contributed by atoms with Crippen LogP contribution in [0.3, 0.4) is 0 Å². The molecule has 2 N–H and O–H groups in total. The van der Waals surface area contributed by atoms with Gasteiger partial charge in [0.05, 0.1) is 10.2 Å². The van der Waals surface area contributed by atoms with E-state index in [1.54, 1.807) is 0 Å². The van der Waals surface area contributed by atoms with E-state index in [0.29, 0.717) is 17.4 Å². The largest absolute Gasteiger partial charge is 0.381 e. The number of aromatic nitrogens is 2. The van der Waals surface area contributed by atoms with Crippen molar-refractivity contribution in [3.8, 4) is 0 Å². The molecule has 0 bridgehead atoms. The lowest BCUT2D eigenvalue weighted by Crippen LogP contribution is -2.16. The van der Waals surface area contributed by atoms with Crippen molar-refractivity contribution < 1.29 is 9.53 Å². The highest BCUT2D eigenvalue weighted by molar-refractivity contribution is 7.17. The summed E-state index contributed by atoms with van der Waals surface area (Å²) in [6.45, 7) is 1.55. The second-order valence-corrected chi connectivity index (χ2v) is 5.34. The molecule has 18 heavy (non-hydrogen) atoms. The van der Waals surface area contributed by atoms with Gasteiger partial charge < -0.3 is 10.5 Å². The van der Waals surface area contributed by atoms with E-state index < -0.39 is 5.91 Å². The summed E-state index contributed by atoms with van der Waals surface area (Å²) in [6.07, 6.45) is 1.77. The van der Waals surface area contributed by atoms with Gasteiger partial charge >= 0.3 is 0 Å². The van der Waals surface area contributed by atoms with E-state index >= 15 is 0 Å². The molecule has 1 aliphatic heterocycles. The Hall–Kier alpha value is -1.53. The molecule has 0 spiro atoms. The van der Waals surface area contributed by atoms with Crippen LogP contribution in [-0.4, -0.2) is 29.1 Å². The lowest BCUT2D eigenvalue weighted by molar-refractivity contribution is 0.0997. The number of carbonyl (C=O) groups excluding carboxylic acids is 1. The smallest absolute Gasteiger partial charge is 0.268 e. The molecule has 1 amide bonds. The summed E-state index contributed by atoms with van der Waals surface area (Å²) in [5.41, 5.74) is 6.51. The maximum absolute atomic E-state index is 11.4. The summed E-state index contributed by atoms with van der Waals surface area (Å²) in [7, 11) is 0. The maximum Gasteiger partial charge on any atom is 0.268 e. The molecule has 1 saturated heterocycles. The highest BCUT2D eigenvalue weighted by Crippen LogP contribution is 2.24. The number of nitrogens with zero attached hydrogens (tertiary/aromatic N) is 2. The predicted octanol–water partition coefficient (Wildman–Crippen LogP) is 1.37. The highest BCUT2D eigenvalue weighted by Gasteiger charge is 2.20. The van der Waals surface area contributed by atoms with Crippen molar-refractivity contribution in [3.63, 3.8) is 0 Å². The third kappa shape index (κ3) is 2.09. The zero-order chi connectivity index (χ0) is 12.5. The summed E-state index contributed by atoms with van der Waals surface area (Å²) in [4.78, 5) is 20.2. The first-order valence-electron chi connectivity index (χ1n) is 5.85. The summed E-state index contributed by atoms with van der Waals surface area (Å²) >= 11 is 1.44. The molecule has 94 valence electrons. The number of hydrogen-bond donors (Lipinski definition) is 1. The molecule has 5 nitrogen and oxygen atoms in total. The average molecular weight is 263 g/mol. The Balaban J connectivity index is 1.98. The van der Waals surface area contributed by atoms with Gasteiger partial charge in [-0.15, -0.1) is 11.3 Å². The highest BCUT2D eigenvalue weighted by atomic mass is 32.1. The fourth-order valence-corrected chi connectivity index (χ4v) is 3.00. The van der Waals surface area contributed by atoms with Crippen LogP contribution in [0.25, 0.3) is 10.2 Å². The summed E-state index contributed by atoms with van der Waals surface area (Å²) < 4.78 is 6.11. The number of amides is 1. The van der Waals surface area contributed by atoms with Gasteiger partial charge in [-0.1, -0.05) is 0 Å². The summed E-state index contributed by atoms with van der Waals surface area (Å²) in [5, 5.41) is 1.90. The molecule has 3 heterocycles. The van der Waals surface area contributed by atoms with Crippen LogP contribution in [0.2, 0.25) is 0 Å². The standard InChI is InChI=1S/C12H13N3O2S/c13-12(16)10-11-8(2-4-18-11)14-9(15-10)5-7-1-3-17-6-7/h2,4,7H,1,3,5-6H2,(H2,13,16)/t7-/m1/s1. The van der Waals surface area contributed by atoms with Gasteiger partial charge in [-0.25, -0.2) is 9.97 Å². The van der Waals surface area contributed by atoms with Gasteiger partial charge in [-0.05, 0) is 23.8 Å². The molecule has 6 heteroatoms. The molecule has 0 aliphatic carbocycles. The molecular formula is C12H13N3O2S. The lowest BCUT2D eigenvalue weighted by Gasteiger charge is -2.07. The minimum atomic E-state index is -0.492. The van der Waals surface area contributed by atoms with Crippen LogP contribution in [-0.2, 0) is 11.2 Å². The number of rotatable bonds is 3. The minimum Gasteiger partial charge on any atom is -0.381 e. The maximum atomic E-state index is 11.4. The topological polar surface area (TPSA) is 78.1 Å². The van der Waals surface area contributed by atoms with Crippen LogP contribution >= 0.6 is 11.3 Å². The molecule has 0 aromatic carbocycles. The van der Waals surface area contributed by atoms with E-state index in [1.807, 2.05) is 11.4 Å². The van der Waals surface area contributed by atoms with Crippen LogP contribution in [0.1, 0.15) is 22.7 Å². The second kappa shape index (κ2) is 4.62. The Morgan fingerprint density at radius 2 is 2.44 bits per heavy atom. The Morgan fingerprint density at radius 1 is 1.56 bits per heavy atom. The monoisotopic (exact) mass is 263 g/mol. The number of nitrogens with two attached hydrogens (primary N) is 1. The fraction of sp³-hybridized carbons (Fsp3) is 0.417. The van der Waals surface area contributed by atoms with Crippen LogP contribution < -0.4 is 5.73 Å². The van der Waals surface area contributed by atoms with Crippen molar-refractivity contribution in [2.75, 3.05) is 13.2 Å². The molecule has 1 fully saturated rings. The van der Waals surface area contributed by atoms with Gasteiger partial charge in [0, 0.05) is 19.6 Å². The van der Waals surface area contributed by atoms with Crippen molar-refractivity contribution in [1.29, 1.82) is 0 Å². The van der Waals surface area contributed by atoms with Gasteiger partial charge in [-0.3, -0.25) is 4.79 Å². The molecule has 0 saturated carbocycles. The third-order valence-corrected chi connectivity index (χ3v) is 3.99.